The van der Waals surface area contributed by atoms with Crippen LogP contribution in [-0.4, -0.2) is 48.6 Å². The third-order valence-corrected chi connectivity index (χ3v) is 6.41. The van der Waals surface area contributed by atoms with Gasteiger partial charge in [0.25, 0.3) is 0 Å². The highest BCUT2D eigenvalue weighted by atomic mass is 79.9. The van der Waals surface area contributed by atoms with Crippen LogP contribution in [0.15, 0.2) is 28.2 Å². The third kappa shape index (κ3) is 7.24. The van der Waals surface area contributed by atoms with Crippen LogP contribution in [0.1, 0.15) is 49.9 Å². The summed E-state index contributed by atoms with van der Waals surface area (Å²) in [6, 6.07) is 6.50. The van der Waals surface area contributed by atoms with Gasteiger partial charge in [0.15, 0.2) is 12.4 Å². The van der Waals surface area contributed by atoms with E-state index < -0.39 is 30.3 Å². The van der Waals surface area contributed by atoms with E-state index in [0.29, 0.717) is 20.5 Å². The summed E-state index contributed by atoms with van der Waals surface area (Å²) >= 11 is 4.23. The lowest BCUT2D eigenvalue weighted by atomic mass is 10.0. The molecule has 0 bridgehead atoms. The number of halogens is 1. The molecular weight excluding hydrogens is 542 g/mol. The number of benzene rings is 1. The van der Waals surface area contributed by atoms with Crippen molar-refractivity contribution in [2.24, 2.45) is 0 Å². The second-order valence-corrected chi connectivity index (χ2v) is 8.90. The Kier molecular flexibility index (Phi) is 10.2. The number of rotatable bonds is 11. The standard InChI is InChI=1S/C24H22BrNO8S/c1-4-32-23(30)21-13(3)22(24(31)33-5-2)35-19(21)10-17(27)15(11-26)8-14-6-7-18(16(25)9-14)34-12-20(28)29/h6-9H,4-5,10,12H2,1-3H3,(H,28,29). The molecule has 0 aliphatic rings. The van der Waals surface area contributed by atoms with Crippen molar-refractivity contribution < 1.29 is 38.5 Å². The van der Waals surface area contributed by atoms with Crippen molar-refractivity contribution in [1.29, 1.82) is 5.26 Å². The summed E-state index contributed by atoms with van der Waals surface area (Å²) in [5.41, 5.74) is 0.797. The molecule has 0 fully saturated rings. The average Bonchev–Trinajstić information content (AvgIpc) is 3.12. The number of Topliss-reactive ketones (excluding diaryl/α,β-unsaturated/α-hetero) is 1. The Bertz CT molecular complexity index is 1220. The minimum atomic E-state index is -1.13. The van der Waals surface area contributed by atoms with Gasteiger partial charge >= 0.3 is 17.9 Å². The highest BCUT2D eigenvalue weighted by Crippen LogP contribution is 2.31. The highest BCUT2D eigenvalue weighted by Gasteiger charge is 2.28. The molecule has 0 atom stereocenters. The van der Waals surface area contributed by atoms with Crippen LogP contribution in [0.25, 0.3) is 6.08 Å². The van der Waals surface area contributed by atoms with E-state index in [9.17, 15) is 24.4 Å². The van der Waals surface area contributed by atoms with Gasteiger partial charge in [0.05, 0.1) is 28.8 Å². The molecular formula is C24H22BrNO8S. The van der Waals surface area contributed by atoms with Crippen LogP contribution in [-0.2, 0) is 25.5 Å². The van der Waals surface area contributed by atoms with E-state index in [1.165, 1.54) is 12.1 Å². The van der Waals surface area contributed by atoms with Crippen molar-refractivity contribution in [2.75, 3.05) is 19.8 Å². The van der Waals surface area contributed by atoms with Gasteiger partial charge in [-0.3, -0.25) is 4.79 Å². The Morgan fingerprint density at radius 3 is 2.37 bits per heavy atom. The average molecular weight is 564 g/mol. The number of carbonyl (C=O) groups is 4. The SMILES string of the molecule is CCOC(=O)c1sc(CC(=O)C(C#N)=Cc2ccc(OCC(=O)O)c(Br)c2)c(C(=O)OCC)c1C. The Morgan fingerprint density at radius 2 is 1.80 bits per heavy atom. The van der Waals surface area contributed by atoms with Crippen LogP contribution in [0.3, 0.4) is 0 Å². The van der Waals surface area contributed by atoms with Gasteiger partial charge in [0.1, 0.15) is 16.7 Å². The van der Waals surface area contributed by atoms with Crippen molar-refractivity contribution >= 4 is 57.0 Å². The Morgan fingerprint density at radius 1 is 1.14 bits per heavy atom. The molecule has 0 aliphatic carbocycles. The van der Waals surface area contributed by atoms with Gasteiger partial charge in [0.2, 0.25) is 0 Å². The lowest BCUT2D eigenvalue weighted by Crippen LogP contribution is -2.12. The first-order chi connectivity index (χ1) is 16.6. The van der Waals surface area contributed by atoms with Crippen molar-refractivity contribution in [3.63, 3.8) is 0 Å². The maximum absolute atomic E-state index is 13.0. The molecule has 9 nitrogen and oxygen atoms in total. The molecule has 0 amide bonds. The number of allylic oxidation sites excluding steroid dienone is 1. The number of hydrogen-bond acceptors (Lipinski definition) is 9. The number of ether oxygens (including phenoxy) is 3. The summed E-state index contributed by atoms with van der Waals surface area (Å²) in [6.07, 6.45) is 1.07. The van der Waals surface area contributed by atoms with E-state index in [2.05, 4.69) is 15.9 Å². The van der Waals surface area contributed by atoms with E-state index in [0.717, 1.165) is 11.3 Å². The fourth-order valence-corrected chi connectivity index (χ4v) is 4.70. The van der Waals surface area contributed by atoms with Crippen LogP contribution in [0, 0.1) is 18.3 Å². The van der Waals surface area contributed by atoms with Crippen LogP contribution in [0.2, 0.25) is 0 Å². The molecule has 1 heterocycles. The normalized spacial score (nSPS) is 10.9. The molecule has 184 valence electrons. The van der Waals surface area contributed by atoms with Gasteiger partial charge in [-0.2, -0.15) is 5.26 Å². The Balaban J connectivity index is 2.37. The molecule has 0 radical (unpaired) electrons. The van der Waals surface area contributed by atoms with Crippen LogP contribution < -0.4 is 4.74 Å². The predicted molar refractivity (Wildman–Crippen MR) is 131 cm³/mol. The first-order valence-electron chi connectivity index (χ1n) is 10.4. The van der Waals surface area contributed by atoms with E-state index in [1.54, 1.807) is 32.9 Å². The molecule has 2 aromatic rings. The smallest absolute Gasteiger partial charge is 0.348 e. The summed E-state index contributed by atoms with van der Waals surface area (Å²) in [7, 11) is 0. The number of nitriles is 1. The summed E-state index contributed by atoms with van der Waals surface area (Å²) in [4.78, 5) is 49.0. The predicted octanol–water partition coefficient (Wildman–Crippen LogP) is 4.35. The van der Waals surface area contributed by atoms with Crippen molar-refractivity contribution in [1.82, 2.24) is 0 Å². The van der Waals surface area contributed by atoms with Crippen molar-refractivity contribution in [3.05, 3.63) is 54.7 Å². The zero-order valence-corrected chi connectivity index (χ0v) is 21.6. The van der Waals surface area contributed by atoms with E-state index in [4.69, 9.17) is 19.3 Å². The van der Waals surface area contributed by atoms with Crippen LogP contribution in [0.4, 0.5) is 0 Å². The minimum Gasteiger partial charge on any atom is -0.481 e. The number of carbonyl (C=O) groups excluding carboxylic acids is 3. The van der Waals surface area contributed by atoms with Gasteiger partial charge in [-0.1, -0.05) is 6.07 Å². The number of hydrogen-bond donors (Lipinski definition) is 1. The lowest BCUT2D eigenvalue weighted by Gasteiger charge is -2.07. The van der Waals surface area contributed by atoms with Crippen molar-refractivity contribution in [2.45, 2.75) is 27.2 Å². The number of esters is 2. The maximum Gasteiger partial charge on any atom is 0.348 e. The zero-order valence-electron chi connectivity index (χ0n) is 19.2. The molecule has 0 aliphatic heterocycles. The molecule has 0 spiro atoms. The molecule has 1 N–H and O–H groups in total. The molecule has 0 unspecified atom stereocenters. The number of nitrogens with zero attached hydrogens (tertiary/aromatic N) is 1. The second-order valence-electron chi connectivity index (χ2n) is 6.94. The Labute approximate surface area is 214 Å². The summed E-state index contributed by atoms with van der Waals surface area (Å²) in [6.45, 7) is 4.62. The van der Waals surface area contributed by atoms with Gasteiger partial charge in [-0.15, -0.1) is 11.3 Å². The molecule has 0 saturated carbocycles. The van der Waals surface area contributed by atoms with Crippen LogP contribution in [0.5, 0.6) is 5.75 Å². The molecule has 1 aromatic heterocycles. The largest absolute Gasteiger partial charge is 0.481 e. The summed E-state index contributed by atoms with van der Waals surface area (Å²) in [5, 5.41) is 18.3. The lowest BCUT2D eigenvalue weighted by molar-refractivity contribution is -0.139. The van der Waals surface area contributed by atoms with Crippen molar-refractivity contribution in [3.8, 4) is 11.8 Å². The van der Waals surface area contributed by atoms with E-state index in [-0.39, 0.29) is 41.4 Å². The molecule has 0 saturated heterocycles. The number of carboxylic acids is 1. The van der Waals surface area contributed by atoms with Gasteiger partial charge in [-0.05, 0) is 66.0 Å². The minimum absolute atomic E-state index is 0.112. The zero-order chi connectivity index (χ0) is 26.1. The molecule has 11 heteroatoms. The second kappa shape index (κ2) is 12.8. The molecule has 2 rings (SSSR count). The van der Waals surface area contributed by atoms with E-state index >= 15 is 0 Å². The fourth-order valence-electron chi connectivity index (χ4n) is 3.01. The summed E-state index contributed by atoms with van der Waals surface area (Å²) < 4.78 is 15.7. The van der Waals surface area contributed by atoms with Gasteiger partial charge in [-0.25, -0.2) is 14.4 Å². The van der Waals surface area contributed by atoms with Gasteiger partial charge < -0.3 is 19.3 Å². The first kappa shape index (κ1) is 27.8. The number of aliphatic carboxylic acids is 1. The highest BCUT2D eigenvalue weighted by molar-refractivity contribution is 9.10. The molecule has 35 heavy (non-hydrogen) atoms. The topological polar surface area (TPSA) is 140 Å². The number of carboxylic acid groups (broad SMARTS) is 1. The number of ketones is 1. The summed E-state index contributed by atoms with van der Waals surface area (Å²) in [5.74, 6) is -2.67. The molecule has 1 aromatic carbocycles. The van der Waals surface area contributed by atoms with Crippen LogP contribution >= 0.6 is 27.3 Å². The van der Waals surface area contributed by atoms with E-state index in [1.807, 2.05) is 6.07 Å². The van der Waals surface area contributed by atoms with Gasteiger partial charge in [0, 0.05) is 11.3 Å². The monoisotopic (exact) mass is 563 g/mol. The first-order valence-corrected chi connectivity index (χ1v) is 12.0. The Hall–Kier alpha value is -3.49. The quantitative estimate of drug-likeness (QED) is 0.240. The maximum atomic E-state index is 13.0. The number of thiophene rings is 1. The fraction of sp³-hybridized carbons (Fsp3) is 0.292. The third-order valence-electron chi connectivity index (χ3n) is 4.52.